The molecule has 0 aliphatic carbocycles. The number of benzene rings is 3. The van der Waals surface area contributed by atoms with Crippen LogP contribution in [0.4, 0.5) is 0 Å². The molecule has 3 N–H and O–H groups in total. The van der Waals surface area contributed by atoms with Crippen molar-refractivity contribution in [1.29, 1.82) is 0 Å². The van der Waals surface area contributed by atoms with Gasteiger partial charge in [0.05, 0.1) is 22.2 Å². The Morgan fingerprint density at radius 1 is 0.595 bits per heavy atom. The van der Waals surface area contributed by atoms with Crippen LogP contribution in [-0.2, 0) is 0 Å². The maximum Gasteiger partial charge on any atom is 0.337 e. The fraction of sp³-hybridized carbons (Fsp3) is 0.133. The van der Waals surface area contributed by atoms with Crippen molar-refractivity contribution in [2.45, 2.75) is 27.7 Å². The Bertz CT molecular complexity index is 1500. The maximum atomic E-state index is 10.9. The van der Waals surface area contributed by atoms with Gasteiger partial charge < -0.3 is 15.3 Å². The van der Waals surface area contributed by atoms with E-state index in [9.17, 15) is 9.59 Å². The highest BCUT2D eigenvalue weighted by Crippen LogP contribution is 2.18. The van der Waals surface area contributed by atoms with Crippen molar-refractivity contribution >= 4 is 33.7 Å². The molecule has 0 radical (unpaired) electrons. The van der Waals surface area contributed by atoms with Crippen molar-refractivity contribution < 1.29 is 24.9 Å². The lowest BCUT2D eigenvalue weighted by atomic mass is 10.1. The van der Waals surface area contributed by atoms with Crippen molar-refractivity contribution in [3.8, 4) is 5.75 Å². The molecule has 0 spiro atoms. The fourth-order valence-corrected chi connectivity index (χ4v) is 3.56. The predicted octanol–water partition coefficient (Wildman–Crippen LogP) is 6.49. The van der Waals surface area contributed by atoms with E-state index >= 15 is 0 Å². The standard InChI is InChI=1S/2C11H9NO2.C8H10O/c2*1-7-5-6-8-3-2-4-9(11(13)14)10(8)12-7;1-6-3-4-8(9)5-7(6)2/h2*2-6H,1H3,(H,13,14);3-5,9H,1-2H3. The van der Waals surface area contributed by atoms with Gasteiger partial charge in [0.1, 0.15) is 5.75 Å². The number of aromatic carboxylic acids is 2. The number of phenols is 1. The Balaban J connectivity index is 0.000000159. The molecule has 0 saturated heterocycles. The number of rotatable bonds is 2. The van der Waals surface area contributed by atoms with E-state index in [1.807, 2.05) is 70.2 Å². The number of nitrogens with zero attached hydrogens (tertiary/aromatic N) is 2. The molecule has 0 fully saturated rings. The summed E-state index contributed by atoms with van der Waals surface area (Å²) in [6.45, 7) is 7.69. The summed E-state index contributed by atoms with van der Waals surface area (Å²) in [6.07, 6.45) is 0. The monoisotopic (exact) mass is 496 g/mol. The van der Waals surface area contributed by atoms with Gasteiger partial charge in [-0.2, -0.15) is 0 Å². The first-order valence-electron chi connectivity index (χ1n) is 11.5. The molecule has 0 saturated carbocycles. The van der Waals surface area contributed by atoms with Gasteiger partial charge in [0.2, 0.25) is 0 Å². The third kappa shape index (κ3) is 6.89. The SMILES string of the molecule is Cc1ccc(O)cc1C.Cc1ccc2cccc(C(=O)O)c2n1.Cc1ccc2cccc(C(=O)O)c2n1. The fourth-order valence-electron chi connectivity index (χ4n) is 3.56. The number of carboxylic acid groups (broad SMARTS) is 2. The van der Waals surface area contributed by atoms with Crippen LogP contribution < -0.4 is 0 Å². The number of phenolic OH excluding ortho intramolecular Hbond substituents is 1. The second kappa shape index (κ2) is 11.8. The number of aromatic hydroxyl groups is 1. The number of fused-ring (bicyclic) bond motifs is 2. The van der Waals surface area contributed by atoms with E-state index < -0.39 is 11.9 Å². The van der Waals surface area contributed by atoms with E-state index in [0.29, 0.717) is 16.8 Å². The summed E-state index contributed by atoms with van der Waals surface area (Å²) in [5.41, 5.74) is 5.62. The van der Waals surface area contributed by atoms with Gasteiger partial charge in [-0.3, -0.25) is 9.97 Å². The van der Waals surface area contributed by atoms with E-state index in [1.54, 1.807) is 36.4 Å². The van der Waals surface area contributed by atoms with E-state index in [2.05, 4.69) is 9.97 Å². The molecule has 7 nitrogen and oxygen atoms in total. The number of aromatic nitrogens is 2. The number of carboxylic acids is 2. The quantitative estimate of drug-likeness (QED) is 0.255. The van der Waals surface area contributed by atoms with Gasteiger partial charge in [-0.25, -0.2) is 9.59 Å². The minimum Gasteiger partial charge on any atom is -0.508 e. The molecule has 0 aliphatic heterocycles. The molecule has 0 atom stereocenters. The van der Waals surface area contributed by atoms with Crippen LogP contribution in [0.5, 0.6) is 5.75 Å². The minimum absolute atomic E-state index is 0.256. The molecule has 37 heavy (non-hydrogen) atoms. The first-order valence-corrected chi connectivity index (χ1v) is 11.5. The topological polar surface area (TPSA) is 121 Å². The third-order valence-corrected chi connectivity index (χ3v) is 5.67. The Morgan fingerprint density at radius 3 is 1.43 bits per heavy atom. The van der Waals surface area contributed by atoms with Crippen LogP contribution in [0.25, 0.3) is 21.8 Å². The Hall–Kier alpha value is -4.78. The summed E-state index contributed by atoms with van der Waals surface area (Å²) < 4.78 is 0. The average Bonchev–Trinajstić information content (AvgIpc) is 2.86. The minimum atomic E-state index is -0.936. The lowest BCUT2D eigenvalue weighted by Gasteiger charge is -2.01. The van der Waals surface area contributed by atoms with Crippen LogP contribution >= 0.6 is 0 Å². The number of carbonyl (C=O) groups is 2. The van der Waals surface area contributed by atoms with Crippen molar-refractivity contribution in [2.24, 2.45) is 0 Å². The van der Waals surface area contributed by atoms with E-state index in [1.165, 1.54) is 5.56 Å². The lowest BCUT2D eigenvalue weighted by molar-refractivity contribution is 0.0688. The molecule has 0 bridgehead atoms. The number of pyridine rings is 2. The number of aryl methyl sites for hydroxylation is 4. The number of hydrogen-bond donors (Lipinski definition) is 3. The largest absolute Gasteiger partial charge is 0.508 e. The first kappa shape index (κ1) is 26.8. The summed E-state index contributed by atoms with van der Waals surface area (Å²) in [7, 11) is 0. The third-order valence-electron chi connectivity index (χ3n) is 5.67. The zero-order chi connectivity index (χ0) is 27.1. The Morgan fingerprint density at radius 2 is 1.05 bits per heavy atom. The van der Waals surface area contributed by atoms with Gasteiger partial charge in [0.25, 0.3) is 0 Å². The molecular formula is C30H28N2O5. The van der Waals surface area contributed by atoms with E-state index in [0.717, 1.165) is 27.7 Å². The Kier molecular flexibility index (Phi) is 8.53. The van der Waals surface area contributed by atoms with Crippen LogP contribution in [0, 0.1) is 27.7 Å². The van der Waals surface area contributed by atoms with E-state index in [-0.39, 0.29) is 11.1 Å². The van der Waals surface area contributed by atoms with Crippen molar-refractivity contribution in [3.63, 3.8) is 0 Å². The predicted molar refractivity (Wildman–Crippen MR) is 144 cm³/mol. The van der Waals surface area contributed by atoms with Crippen LogP contribution in [-0.4, -0.2) is 37.2 Å². The highest BCUT2D eigenvalue weighted by atomic mass is 16.4. The molecule has 0 amide bonds. The molecule has 0 aliphatic rings. The molecule has 2 heterocycles. The van der Waals surface area contributed by atoms with Crippen LogP contribution in [0.2, 0.25) is 0 Å². The molecule has 7 heteroatoms. The second-order valence-corrected chi connectivity index (χ2v) is 8.54. The summed E-state index contributed by atoms with van der Waals surface area (Å²) in [5.74, 6) is -1.53. The Labute approximate surface area is 214 Å². The van der Waals surface area contributed by atoms with Crippen LogP contribution in [0.15, 0.2) is 78.9 Å². The summed E-state index contributed by atoms with van der Waals surface area (Å²) >= 11 is 0. The molecule has 0 unspecified atom stereocenters. The summed E-state index contributed by atoms with van der Waals surface area (Å²) in [4.78, 5) is 30.2. The van der Waals surface area contributed by atoms with Crippen molar-refractivity contribution in [2.75, 3.05) is 0 Å². The van der Waals surface area contributed by atoms with E-state index in [4.69, 9.17) is 15.3 Å². The molecule has 5 aromatic rings. The van der Waals surface area contributed by atoms with Gasteiger partial charge in [-0.05, 0) is 75.2 Å². The van der Waals surface area contributed by atoms with Crippen molar-refractivity contribution in [1.82, 2.24) is 9.97 Å². The summed E-state index contributed by atoms with van der Waals surface area (Å²) in [6, 6.07) is 23.2. The van der Waals surface area contributed by atoms with Gasteiger partial charge in [-0.1, -0.05) is 42.5 Å². The summed E-state index contributed by atoms with van der Waals surface area (Å²) in [5, 5.41) is 28.5. The number of hydrogen-bond acceptors (Lipinski definition) is 5. The smallest absolute Gasteiger partial charge is 0.337 e. The molecule has 3 aromatic carbocycles. The number of para-hydroxylation sites is 2. The normalized spacial score (nSPS) is 10.2. The maximum absolute atomic E-state index is 10.9. The molecule has 5 rings (SSSR count). The lowest BCUT2D eigenvalue weighted by Crippen LogP contribution is -1.99. The first-order chi connectivity index (χ1) is 17.6. The van der Waals surface area contributed by atoms with Gasteiger partial charge in [0.15, 0.2) is 0 Å². The zero-order valence-electron chi connectivity index (χ0n) is 21.1. The second-order valence-electron chi connectivity index (χ2n) is 8.54. The van der Waals surface area contributed by atoms with Gasteiger partial charge in [-0.15, -0.1) is 0 Å². The van der Waals surface area contributed by atoms with Crippen molar-refractivity contribution in [3.05, 3.63) is 113 Å². The average molecular weight is 497 g/mol. The van der Waals surface area contributed by atoms with Gasteiger partial charge >= 0.3 is 11.9 Å². The molecule has 188 valence electrons. The van der Waals surface area contributed by atoms with Crippen LogP contribution in [0.1, 0.15) is 43.2 Å². The highest BCUT2D eigenvalue weighted by Gasteiger charge is 2.09. The zero-order valence-corrected chi connectivity index (χ0v) is 21.1. The van der Waals surface area contributed by atoms with Gasteiger partial charge in [0, 0.05) is 22.2 Å². The molecule has 2 aromatic heterocycles. The highest BCUT2D eigenvalue weighted by molar-refractivity contribution is 6.02. The molecular weight excluding hydrogens is 468 g/mol. The van der Waals surface area contributed by atoms with Crippen LogP contribution in [0.3, 0.4) is 0 Å².